The van der Waals surface area contributed by atoms with Crippen molar-refractivity contribution in [2.24, 2.45) is 0 Å². The van der Waals surface area contributed by atoms with Crippen molar-refractivity contribution in [3.8, 4) is 16.4 Å². The third-order valence-electron chi connectivity index (χ3n) is 6.48. The van der Waals surface area contributed by atoms with Crippen LogP contribution < -0.4 is 5.32 Å². The molecule has 1 aromatic carbocycles. The summed E-state index contributed by atoms with van der Waals surface area (Å²) in [6, 6.07) is 12.1. The molecule has 204 valence electrons. The average molecular weight is 559 g/mol. The van der Waals surface area contributed by atoms with Gasteiger partial charge in [-0.15, -0.1) is 11.3 Å². The van der Waals surface area contributed by atoms with Crippen LogP contribution in [0, 0.1) is 0 Å². The van der Waals surface area contributed by atoms with Crippen LogP contribution in [0.3, 0.4) is 0 Å². The van der Waals surface area contributed by atoms with E-state index in [2.05, 4.69) is 20.6 Å². The van der Waals surface area contributed by atoms with Crippen molar-refractivity contribution in [3.05, 3.63) is 71.2 Å². The Morgan fingerprint density at radius 2 is 1.87 bits per heavy atom. The van der Waals surface area contributed by atoms with Crippen LogP contribution in [0.15, 0.2) is 58.6 Å². The molecule has 1 N–H and O–H groups in total. The van der Waals surface area contributed by atoms with E-state index in [1.807, 2.05) is 17.5 Å². The Labute approximate surface area is 225 Å². The molecule has 1 fully saturated rings. The van der Waals surface area contributed by atoms with Gasteiger partial charge in [0.05, 0.1) is 16.1 Å². The number of para-hydroxylation sites is 1. The predicted molar refractivity (Wildman–Crippen MR) is 136 cm³/mol. The van der Waals surface area contributed by atoms with Gasteiger partial charge in [-0.3, -0.25) is 9.59 Å². The fourth-order valence-electron chi connectivity index (χ4n) is 4.44. The Hall–Kier alpha value is -4.00. The van der Waals surface area contributed by atoms with E-state index < -0.39 is 23.3 Å². The maximum Gasteiger partial charge on any atom is 0.435 e. The first-order chi connectivity index (χ1) is 18.8. The second-order valence-corrected chi connectivity index (χ2v) is 10.1. The van der Waals surface area contributed by atoms with Gasteiger partial charge in [-0.05, 0) is 42.8 Å². The zero-order valence-corrected chi connectivity index (χ0v) is 21.5. The maximum atomic E-state index is 13.5. The number of hydrogen-bond donors (Lipinski definition) is 1. The van der Waals surface area contributed by atoms with Crippen LogP contribution in [0.25, 0.3) is 16.4 Å². The molecule has 0 bridgehead atoms. The van der Waals surface area contributed by atoms with E-state index >= 15 is 0 Å². The minimum Gasteiger partial charge on any atom is -0.352 e. The molecule has 4 heterocycles. The first-order valence-electron chi connectivity index (χ1n) is 12.5. The lowest BCUT2D eigenvalue weighted by molar-refractivity contribution is -0.141. The van der Waals surface area contributed by atoms with Gasteiger partial charge in [-0.1, -0.05) is 29.4 Å². The van der Waals surface area contributed by atoms with E-state index in [1.54, 1.807) is 35.2 Å². The molecule has 0 atom stereocenters. The molecule has 0 saturated carbocycles. The number of alkyl halides is 3. The van der Waals surface area contributed by atoms with Crippen LogP contribution in [-0.2, 0) is 11.0 Å². The first kappa shape index (κ1) is 26.6. The van der Waals surface area contributed by atoms with E-state index in [9.17, 15) is 22.8 Å². The summed E-state index contributed by atoms with van der Waals surface area (Å²) in [5.74, 6) is 0.256. The molecule has 0 unspecified atom stereocenters. The Balaban J connectivity index is 1.09. The van der Waals surface area contributed by atoms with Gasteiger partial charge in [0.15, 0.2) is 5.69 Å². The fourth-order valence-corrected chi connectivity index (χ4v) is 5.09. The second kappa shape index (κ2) is 11.4. The fraction of sp³-hybridized carbons (Fsp3) is 0.346. The van der Waals surface area contributed by atoms with E-state index in [1.165, 1.54) is 11.3 Å². The van der Waals surface area contributed by atoms with Gasteiger partial charge in [0.1, 0.15) is 0 Å². The topological polar surface area (TPSA) is 106 Å². The summed E-state index contributed by atoms with van der Waals surface area (Å²) in [5.41, 5.74) is -1.42. The van der Waals surface area contributed by atoms with E-state index in [4.69, 9.17) is 4.52 Å². The number of carbonyl (C=O) groups excluding carboxylic acids is 2. The van der Waals surface area contributed by atoms with Crippen LogP contribution in [-0.4, -0.2) is 56.3 Å². The minimum atomic E-state index is -4.79. The van der Waals surface area contributed by atoms with Crippen LogP contribution in [0.2, 0.25) is 0 Å². The number of halogens is 3. The lowest BCUT2D eigenvalue weighted by atomic mass is 9.96. The van der Waals surface area contributed by atoms with Crippen LogP contribution in [0.1, 0.15) is 53.5 Å². The Kier molecular flexibility index (Phi) is 7.77. The summed E-state index contributed by atoms with van der Waals surface area (Å²) < 4.78 is 47.0. The highest BCUT2D eigenvalue weighted by molar-refractivity contribution is 7.13. The molecule has 0 radical (unpaired) electrons. The van der Waals surface area contributed by atoms with Crippen LogP contribution in [0.4, 0.5) is 13.2 Å². The molecule has 4 aromatic rings. The quantitative estimate of drug-likeness (QED) is 0.308. The number of benzene rings is 1. The highest BCUT2D eigenvalue weighted by Crippen LogP contribution is 2.32. The Morgan fingerprint density at radius 3 is 2.56 bits per heavy atom. The van der Waals surface area contributed by atoms with E-state index in [-0.39, 0.29) is 24.8 Å². The summed E-state index contributed by atoms with van der Waals surface area (Å²) in [6.07, 6.45) is -1.87. The van der Waals surface area contributed by atoms with Gasteiger partial charge in [0, 0.05) is 38.2 Å². The highest BCUT2D eigenvalue weighted by Gasteiger charge is 2.39. The SMILES string of the molecule is O=C(NCCCC(=O)N1CCC(c2nc(-c3cccs3)no2)CC1)c1cn(-c2ccccc2)nc1C(F)(F)F. The van der Waals surface area contributed by atoms with Gasteiger partial charge in [0.25, 0.3) is 5.91 Å². The second-order valence-electron chi connectivity index (χ2n) is 9.12. The molecule has 0 spiro atoms. The number of likely N-dealkylation sites (tertiary alicyclic amines) is 1. The van der Waals surface area contributed by atoms with Crippen molar-refractivity contribution < 1.29 is 27.3 Å². The third-order valence-corrected chi connectivity index (χ3v) is 7.35. The molecule has 39 heavy (non-hydrogen) atoms. The van der Waals surface area contributed by atoms with Gasteiger partial charge >= 0.3 is 6.18 Å². The number of aromatic nitrogens is 4. The summed E-state index contributed by atoms with van der Waals surface area (Å²) >= 11 is 1.53. The third kappa shape index (κ3) is 6.19. The Morgan fingerprint density at radius 1 is 1.10 bits per heavy atom. The molecule has 5 rings (SSSR count). The summed E-state index contributed by atoms with van der Waals surface area (Å²) in [6.45, 7) is 1.14. The molecular formula is C26H25F3N6O3S. The molecule has 0 aliphatic carbocycles. The van der Waals surface area contributed by atoms with Gasteiger partial charge in [-0.25, -0.2) is 4.68 Å². The number of nitrogens with one attached hydrogen (secondary N) is 1. The number of nitrogens with zero attached hydrogens (tertiary/aromatic N) is 5. The molecule has 3 aromatic heterocycles. The average Bonchev–Trinajstić information content (AvgIpc) is 3.72. The lowest BCUT2D eigenvalue weighted by Gasteiger charge is -2.30. The molecule has 9 nitrogen and oxygen atoms in total. The van der Waals surface area contributed by atoms with Crippen LogP contribution >= 0.6 is 11.3 Å². The van der Waals surface area contributed by atoms with Crippen LogP contribution in [0.5, 0.6) is 0 Å². The highest BCUT2D eigenvalue weighted by atomic mass is 32.1. The molecule has 13 heteroatoms. The zero-order valence-electron chi connectivity index (χ0n) is 20.7. The molecule has 1 aliphatic rings. The predicted octanol–water partition coefficient (Wildman–Crippen LogP) is 4.92. The molecule has 1 saturated heterocycles. The van der Waals surface area contributed by atoms with Crippen molar-refractivity contribution in [2.75, 3.05) is 19.6 Å². The van der Waals surface area contributed by atoms with Gasteiger partial charge < -0.3 is 14.7 Å². The monoisotopic (exact) mass is 558 g/mol. The van der Waals surface area contributed by atoms with Gasteiger partial charge in [-0.2, -0.15) is 23.3 Å². The molecular weight excluding hydrogens is 533 g/mol. The largest absolute Gasteiger partial charge is 0.435 e. The van der Waals surface area contributed by atoms with Crippen molar-refractivity contribution in [1.29, 1.82) is 0 Å². The smallest absolute Gasteiger partial charge is 0.352 e. The zero-order chi connectivity index (χ0) is 27.4. The van der Waals surface area contributed by atoms with E-state index in [0.29, 0.717) is 49.8 Å². The number of rotatable bonds is 8. The maximum absolute atomic E-state index is 13.5. The normalized spacial score (nSPS) is 14.5. The summed E-state index contributed by atoms with van der Waals surface area (Å²) in [5, 5.41) is 12.1. The Bertz CT molecular complexity index is 1410. The minimum absolute atomic E-state index is 0.0579. The van der Waals surface area contributed by atoms with Crippen molar-refractivity contribution in [1.82, 2.24) is 30.1 Å². The molecule has 2 amide bonds. The van der Waals surface area contributed by atoms with Crippen molar-refractivity contribution in [2.45, 2.75) is 37.8 Å². The number of thiophene rings is 1. The lowest BCUT2D eigenvalue weighted by Crippen LogP contribution is -2.38. The summed E-state index contributed by atoms with van der Waals surface area (Å²) in [7, 11) is 0. The van der Waals surface area contributed by atoms with Gasteiger partial charge in [0.2, 0.25) is 17.6 Å². The first-order valence-corrected chi connectivity index (χ1v) is 13.3. The molecule has 1 aliphatic heterocycles. The standard InChI is InChI=1S/C26H25F3N6O3S/c27-26(28,29)22-19(16-35(32-22)18-6-2-1-3-7-18)24(37)30-12-4-9-21(36)34-13-10-17(11-14-34)25-31-23(33-38-25)20-8-5-15-39-20/h1-3,5-8,15-17H,4,9-14H2,(H,30,37). The number of hydrogen-bond acceptors (Lipinski definition) is 7. The number of piperidine rings is 1. The van der Waals surface area contributed by atoms with Crippen molar-refractivity contribution in [3.63, 3.8) is 0 Å². The summed E-state index contributed by atoms with van der Waals surface area (Å²) in [4.78, 5) is 32.4. The van der Waals surface area contributed by atoms with Crippen molar-refractivity contribution >= 4 is 23.2 Å². The number of amides is 2. The van der Waals surface area contributed by atoms with E-state index in [0.717, 1.165) is 15.8 Å². The number of carbonyl (C=O) groups is 2.